The van der Waals surface area contributed by atoms with Crippen molar-refractivity contribution in [3.8, 4) is 11.5 Å². The fourth-order valence-corrected chi connectivity index (χ4v) is 1.34. The molecule has 16 heavy (non-hydrogen) atoms. The van der Waals surface area contributed by atoms with E-state index in [9.17, 15) is 4.79 Å². The van der Waals surface area contributed by atoms with Crippen LogP contribution >= 0.6 is 0 Å². The van der Waals surface area contributed by atoms with Crippen molar-refractivity contribution in [2.24, 2.45) is 0 Å². The molecule has 0 aliphatic rings. The van der Waals surface area contributed by atoms with Crippen molar-refractivity contribution in [2.45, 2.75) is 12.8 Å². The molecular weight excluding hydrogens is 208 g/mol. The highest BCUT2D eigenvalue weighted by molar-refractivity contribution is 5.69. The number of hydrogen-bond acceptors (Lipinski definition) is 4. The Balaban J connectivity index is 2.71. The van der Waals surface area contributed by atoms with E-state index in [1.54, 1.807) is 19.2 Å². The molecule has 87 valence electrons. The number of rotatable bonds is 5. The lowest BCUT2D eigenvalue weighted by Gasteiger charge is -2.08. The predicted molar refractivity (Wildman–Crippen MR) is 59.3 cm³/mol. The summed E-state index contributed by atoms with van der Waals surface area (Å²) < 4.78 is 14.6. The number of aryl methyl sites for hydroxylation is 1. The van der Waals surface area contributed by atoms with E-state index >= 15 is 0 Å². The molecule has 0 spiro atoms. The van der Waals surface area contributed by atoms with Gasteiger partial charge in [0.1, 0.15) is 7.11 Å². The normalized spacial score (nSPS) is 9.69. The zero-order valence-corrected chi connectivity index (χ0v) is 9.49. The molecule has 0 saturated heterocycles. The smallest absolute Gasteiger partial charge is 0.305 e. The first-order valence-corrected chi connectivity index (χ1v) is 4.87. The molecule has 0 N–H and O–H groups in total. The van der Waals surface area contributed by atoms with Crippen LogP contribution in [-0.4, -0.2) is 20.2 Å². The van der Waals surface area contributed by atoms with E-state index in [4.69, 9.17) is 9.47 Å². The van der Waals surface area contributed by atoms with Crippen LogP contribution in [0.3, 0.4) is 0 Å². The highest BCUT2D eigenvalue weighted by Crippen LogP contribution is 2.28. The van der Waals surface area contributed by atoms with Gasteiger partial charge in [-0.2, -0.15) is 0 Å². The molecule has 0 aromatic heterocycles. The summed E-state index contributed by atoms with van der Waals surface area (Å²) in [5, 5.41) is 0. The standard InChI is InChI=1S/C12H15O4/c1-14-10-6-4-9(8-11(10)15-2)5-7-12(13)16-3/h4,6,8H,2,5,7H2,1,3H3. The van der Waals surface area contributed by atoms with Gasteiger partial charge in [0.15, 0.2) is 11.5 Å². The second-order valence-corrected chi connectivity index (χ2v) is 3.21. The van der Waals surface area contributed by atoms with Gasteiger partial charge in [-0.05, 0) is 24.1 Å². The fraction of sp³-hybridized carbons (Fsp3) is 0.333. The van der Waals surface area contributed by atoms with Crippen molar-refractivity contribution in [2.75, 3.05) is 14.2 Å². The average Bonchev–Trinajstić information content (AvgIpc) is 2.35. The van der Waals surface area contributed by atoms with Crippen LogP contribution in [0.5, 0.6) is 11.5 Å². The van der Waals surface area contributed by atoms with E-state index in [-0.39, 0.29) is 5.97 Å². The van der Waals surface area contributed by atoms with Gasteiger partial charge >= 0.3 is 5.97 Å². The third-order valence-corrected chi connectivity index (χ3v) is 2.23. The monoisotopic (exact) mass is 223 g/mol. The minimum absolute atomic E-state index is 0.229. The lowest BCUT2D eigenvalue weighted by atomic mass is 10.1. The summed E-state index contributed by atoms with van der Waals surface area (Å²) in [6, 6.07) is 5.46. The van der Waals surface area contributed by atoms with Gasteiger partial charge in [0.2, 0.25) is 0 Å². The first-order chi connectivity index (χ1) is 7.71. The van der Waals surface area contributed by atoms with E-state index in [1.807, 2.05) is 6.07 Å². The van der Waals surface area contributed by atoms with Crippen molar-refractivity contribution >= 4 is 5.97 Å². The Morgan fingerprint density at radius 2 is 2.06 bits per heavy atom. The maximum atomic E-state index is 11.0. The molecular formula is C12H15O4. The minimum Gasteiger partial charge on any atom is -0.493 e. The molecule has 0 saturated carbocycles. The summed E-state index contributed by atoms with van der Waals surface area (Å²) in [7, 11) is 6.28. The number of carbonyl (C=O) groups excluding carboxylic acids is 1. The summed E-state index contributed by atoms with van der Waals surface area (Å²) in [5.41, 5.74) is 0.977. The van der Waals surface area contributed by atoms with Gasteiger partial charge in [-0.15, -0.1) is 0 Å². The summed E-state index contributed by atoms with van der Waals surface area (Å²) in [6.07, 6.45) is 0.951. The van der Waals surface area contributed by atoms with Crippen molar-refractivity contribution in [3.63, 3.8) is 0 Å². The molecule has 1 rings (SSSR count). The van der Waals surface area contributed by atoms with Crippen LogP contribution in [0.15, 0.2) is 18.2 Å². The third-order valence-electron chi connectivity index (χ3n) is 2.23. The lowest BCUT2D eigenvalue weighted by molar-refractivity contribution is -0.140. The van der Waals surface area contributed by atoms with Gasteiger partial charge in [0, 0.05) is 6.42 Å². The maximum Gasteiger partial charge on any atom is 0.305 e. The van der Waals surface area contributed by atoms with E-state index in [2.05, 4.69) is 11.8 Å². The Hall–Kier alpha value is -1.71. The van der Waals surface area contributed by atoms with E-state index in [0.29, 0.717) is 24.3 Å². The van der Waals surface area contributed by atoms with Gasteiger partial charge < -0.3 is 14.2 Å². The third kappa shape index (κ3) is 3.15. The predicted octanol–water partition coefficient (Wildman–Crippen LogP) is 1.97. The number of esters is 1. The highest BCUT2D eigenvalue weighted by Gasteiger charge is 2.06. The lowest BCUT2D eigenvalue weighted by Crippen LogP contribution is -2.02. The van der Waals surface area contributed by atoms with Crippen LogP contribution < -0.4 is 9.47 Å². The highest BCUT2D eigenvalue weighted by atomic mass is 16.5. The van der Waals surface area contributed by atoms with Crippen molar-refractivity contribution in [1.82, 2.24) is 0 Å². The van der Waals surface area contributed by atoms with Crippen LogP contribution in [0.25, 0.3) is 0 Å². The van der Waals surface area contributed by atoms with Gasteiger partial charge in [-0.25, -0.2) is 0 Å². The van der Waals surface area contributed by atoms with E-state index < -0.39 is 0 Å². The molecule has 1 radical (unpaired) electrons. The Kier molecular flexibility index (Phi) is 4.64. The molecule has 0 unspecified atom stereocenters. The molecule has 1 aromatic carbocycles. The Bertz CT molecular complexity index is 360. The molecule has 0 aliphatic heterocycles. The van der Waals surface area contributed by atoms with Crippen LogP contribution in [-0.2, 0) is 16.0 Å². The van der Waals surface area contributed by atoms with Crippen LogP contribution in [0, 0.1) is 7.11 Å². The summed E-state index contributed by atoms with van der Waals surface area (Å²) in [6.45, 7) is 0. The molecule has 0 heterocycles. The van der Waals surface area contributed by atoms with E-state index in [1.165, 1.54) is 7.11 Å². The molecule has 4 nitrogen and oxygen atoms in total. The van der Waals surface area contributed by atoms with Crippen molar-refractivity contribution < 1.29 is 19.0 Å². The number of carbonyl (C=O) groups is 1. The zero-order valence-electron chi connectivity index (χ0n) is 9.49. The molecule has 0 aliphatic carbocycles. The fourth-order valence-electron chi connectivity index (χ4n) is 1.34. The molecule has 0 amide bonds. The summed E-state index contributed by atoms with van der Waals surface area (Å²) >= 11 is 0. The van der Waals surface area contributed by atoms with Crippen LogP contribution in [0.4, 0.5) is 0 Å². The summed E-state index contributed by atoms with van der Waals surface area (Å²) in [4.78, 5) is 11.0. The van der Waals surface area contributed by atoms with Crippen molar-refractivity contribution in [3.05, 3.63) is 30.9 Å². The zero-order chi connectivity index (χ0) is 12.0. The number of methoxy groups -OCH3 is 2. The van der Waals surface area contributed by atoms with E-state index in [0.717, 1.165) is 5.56 Å². The van der Waals surface area contributed by atoms with Gasteiger partial charge in [-0.3, -0.25) is 4.79 Å². The maximum absolute atomic E-state index is 11.0. The van der Waals surface area contributed by atoms with Crippen LogP contribution in [0.1, 0.15) is 12.0 Å². The first kappa shape index (κ1) is 12.4. The minimum atomic E-state index is -0.229. The molecule has 0 atom stereocenters. The number of hydrogen-bond donors (Lipinski definition) is 0. The summed E-state index contributed by atoms with van der Waals surface area (Å²) in [5.74, 6) is 0.953. The Morgan fingerprint density at radius 1 is 1.31 bits per heavy atom. The molecule has 1 aromatic rings. The first-order valence-electron chi connectivity index (χ1n) is 4.87. The number of benzene rings is 1. The van der Waals surface area contributed by atoms with Crippen molar-refractivity contribution in [1.29, 1.82) is 0 Å². The van der Waals surface area contributed by atoms with Gasteiger partial charge in [0.25, 0.3) is 0 Å². The molecule has 0 fully saturated rings. The quantitative estimate of drug-likeness (QED) is 0.716. The SMILES string of the molecule is [CH2]Oc1cc(CCC(=O)OC)ccc1OC. The van der Waals surface area contributed by atoms with Gasteiger partial charge in [0.05, 0.1) is 14.2 Å². The Labute approximate surface area is 95.1 Å². The average molecular weight is 223 g/mol. The topological polar surface area (TPSA) is 44.8 Å². The van der Waals surface area contributed by atoms with Gasteiger partial charge in [-0.1, -0.05) is 6.07 Å². The number of ether oxygens (including phenoxy) is 3. The second-order valence-electron chi connectivity index (χ2n) is 3.21. The Morgan fingerprint density at radius 3 is 2.62 bits per heavy atom. The van der Waals surface area contributed by atoms with Crippen LogP contribution in [0.2, 0.25) is 0 Å². The molecule has 0 bridgehead atoms. The second kappa shape index (κ2) is 6.00. The molecule has 4 heteroatoms. The largest absolute Gasteiger partial charge is 0.493 e.